The molecular weight excluding hydrogens is 252 g/mol. The van der Waals surface area contributed by atoms with E-state index in [0.29, 0.717) is 24.2 Å². The van der Waals surface area contributed by atoms with Crippen molar-refractivity contribution >= 4 is 17.6 Å². The second-order valence-electron chi connectivity index (χ2n) is 4.66. The fourth-order valence-corrected chi connectivity index (χ4v) is 2.38. The Morgan fingerprint density at radius 2 is 2.22 bits per heavy atom. The summed E-state index contributed by atoms with van der Waals surface area (Å²) < 4.78 is 1.71. The van der Waals surface area contributed by atoms with Crippen LogP contribution in [0.2, 0.25) is 5.02 Å². The van der Waals surface area contributed by atoms with Gasteiger partial charge in [-0.3, -0.25) is 4.68 Å². The highest BCUT2D eigenvalue weighted by molar-refractivity contribution is 6.30. The highest BCUT2D eigenvalue weighted by Crippen LogP contribution is 2.17. The molecule has 0 spiro atoms. The first-order valence-electron chi connectivity index (χ1n) is 6.46. The minimum absolute atomic E-state index is 0.0832. The Balaban J connectivity index is 1.62. The molecule has 0 aliphatic heterocycles. The Morgan fingerprint density at radius 3 is 2.89 bits per heavy atom. The van der Waals surface area contributed by atoms with Crippen molar-refractivity contribution in [3.05, 3.63) is 17.4 Å². The Hall–Kier alpha value is -1.23. The smallest absolute Gasteiger partial charge is 0.315 e. The Morgan fingerprint density at radius 1 is 1.44 bits per heavy atom. The normalized spacial score (nSPS) is 16.5. The van der Waals surface area contributed by atoms with Crippen molar-refractivity contribution in [2.75, 3.05) is 6.54 Å². The predicted octanol–water partition coefficient (Wildman–Crippen LogP) is 2.17. The third kappa shape index (κ3) is 4.22. The van der Waals surface area contributed by atoms with Crippen LogP contribution < -0.4 is 10.6 Å². The Labute approximate surface area is 112 Å². The number of carbonyl (C=O) groups is 1. The van der Waals surface area contributed by atoms with E-state index in [1.54, 1.807) is 17.1 Å². The van der Waals surface area contributed by atoms with Crippen molar-refractivity contribution in [1.29, 1.82) is 0 Å². The quantitative estimate of drug-likeness (QED) is 0.881. The monoisotopic (exact) mass is 270 g/mol. The number of aromatic nitrogens is 2. The summed E-state index contributed by atoms with van der Waals surface area (Å²) in [6, 6.07) is 0.262. The van der Waals surface area contributed by atoms with Gasteiger partial charge in [0.15, 0.2) is 0 Å². The van der Waals surface area contributed by atoms with Crippen LogP contribution in [0.5, 0.6) is 0 Å². The van der Waals surface area contributed by atoms with Gasteiger partial charge in [-0.25, -0.2) is 4.79 Å². The lowest BCUT2D eigenvalue weighted by atomic mass is 9.96. The van der Waals surface area contributed by atoms with Crippen molar-refractivity contribution in [1.82, 2.24) is 20.4 Å². The van der Waals surface area contributed by atoms with Gasteiger partial charge < -0.3 is 10.6 Å². The third-order valence-electron chi connectivity index (χ3n) is 3.17. The lowest BCUT2D eigenvalue weighted by molar-refractivity contribution is 0.232. The molecule has 1 aliphatic carbocycles. The van der Waals surface area contributed by atoms with Crippen LogP contribution in [0, 0.1) is 0 Å². The van der Waals surface area contributed by atoms with Crippen LogP contribution in [0.15, 0.2) is 12.4 Å². The van der Waals surface area contributed by atoms with E-state index in [2.05, 4.69) is 15.7 Å². The average Bonchev–Trinajstić information content (AvgIpc) is 2.76. The number of hydrogen-bond acceptors (Lipinski definition) is 2. The van der Waals surface area contributed by atoms with Gasteiger partial charge in [-0.1, -0.05) is 30.9 Å². The lowest BCUT2D eigenvalue weighted by Crippen LogP contribution is -2.43. The summed E-state index contributed by atoms with van der Waals surface area (Å²) in [5.74, 6) is 0. The highest BCUT2D eigenvalue weighted by atomic mass is 35.5. The van der Waals surface area contributed by atoms with E-state index < -0.39 is 0 Å². The van der Waals surface area contributed by atoms with Crippen molar-refractivity contribution in [3.8, 4) is 0 Å². The molecule has 0 bridgehead atoms. The maximum Gasteiger partial charge on any atom is 0.315 e. The lowest BCUT2D eigenvalue weighted by Gasteiger charge is -2.22. The van der Waals surface area contributed by atoms with Crippen LogP contribution in [0.3, 0.4) is 0 Å². The number of nitrogens with one attached hydrogen (secondary N) is 2. The highest BCUT2D eigenvalue weighted by Gasteiger charge is 2.14. The van der Waals surface area contributed by atoms with Gasteiger partial charge in [-0.05, 0) is 12.8 Å². The summed E-state index contributed by atoms with van der Waals surface area (Å²) >= 11 is 5.75. The fraction of sp³-hybridized carbons (Fsp3) is 0.667. The second-order valence-corrected chi connectivity index (χ2v) is 5.09. The molecule has 1 aliphatic rings. The molecule has 100 valence electrons. The molecule has 1 fully saturated rings. The number of amides is 2. The number of carbonyl (C=O) groups excluding carboxylic acids is 1. The standard InChI is InChI=1S/C12H19ClN4O/c13-10-8-15-17(9-10)7-6-14-12(18)16-11-4-2-1-3-5-11/h8-9,11H,1-7H2,(H2,14,16,18). The molecule has 1 saturated carbocycles. The van der Waals surface area contributed by atoms with Gasteiger partial charge in [-0.2, -0.15) is 5.10 Å². The van der Waals surface area contributed by atoms with Gasteiger partial charge in [0.25, 0.3) is 0 Å². The molecular formula is C12H19ClN4O. The van der Waals surface area contributed by atoms with E-state index in [1.165, 1.54) is 19.3 Å². The molecule has 2 amide bonds. The van der Waals surface area contributed by atoms with Gasteiger partial charge in [0.2, 0.25) is 0 Å². The minimum Gasteiger partial charge on any atom is -0.336 e. The Bertz CT molecular complexity index is 387. The molecule has 0 unspecified atom stereocenters. The summed E-state index contributed by atoms with van der Waals surface area (Å²) in [4.78, 5) is 11.6. The van der Waals surface area contributed by atoms with Crippen LogP contribution in [0.1, 0.15) is 32.1 Å². The molecule has 2 rings (SSSR count). The summed E-state index contributed by atoms with van der Waals surface area (Å²) in [7, 11) is 0. The molecule has 6 heteroatoms. The first kappa shape index (κ1) is 13.2. The van der Waals surface area contributed by atoms with Gasteiger partial charge in [0.05, 0.1) is 17.8 Å². The summed E-state index contributed by atoms with van der Waals surface area (Å²) in [6.07, 6.45) is 9.25. The zero-order valence-electron chi connectivity index (χ0n) is 10.4. The van der Waals surface area contributed by atoms with Crippen molar-refractivity contribution in [2.45, 2.75) is 44.7 Å². The average molecular weight is 271 g/mol. The summed E-state index contributed by atoms with van der Waals surface area (Å²) in [5, 5.41) is 10.5. The van der Waals surface area contributed by atoms with E-state index in [1.807, 2.05) is 0 Å². The predicted molar refractivity (Wildman–Crippen MR) is 70.6 cm³/mol. The maximum atomic E-state index is 11.6. The zero-order valence-corrected chi connectivity index (χ0v) is 11.1. The van der Waals surface area contributed by atoms with Gasteiger partial charge in [0.1, 0.15) is 0 Å². The van der Waals surface area contributed by atoms with E-state index in [9.17, 15) is 4.79 Å². The van der Waals surface area contributed by atoms with Crippen LogP contribution in [-0.2, 0) is 6.54 Å². The molecule has 0 radical (unpaired) electrons. The number of halogens is 1. The molecule has 5 nitrogen and oxygen atoms in total. The molecule has 0 saturated heterocycles. The molecule has 1 aromatic rings. The molecule has 0 atom stereocenters. The van der Waals surface area contributed by atoms with E-state index >= 15 is 0 Å². The van der Waals surface area contributed by atoms with Gasteiger partial charge in [-0.15, -0.1) is 0 Å². The van der Waals surface area contributed by atoms with E-state index in [-0.39, 0.29) is 6.03 Å². The minimum atomic E-state index is -0.0832. The zero-order chi connectivity index (χ0) is 12.8. The number of rotatable bonds is 4. The van der Waals surface area contributed by atoms with E-state index in [4.69, 9.17) is 11.6 Å². The van der Waals surface area contributed by atoms with E-state index in [0.717, 1.165) is 12.8 Å². The first-order valence-corrected chi connectivity index (χ1v) is 6.84. The van der Waals surface area contributed by atoms with Crippen LogP contribution in [-0.4, -0.2) is 28.4 Å². The fourth-order valence-electron chi connectivity index (χ4n) is 2.23. The van der Waals surface area contributed by atoms with Crippen LogP contribution in [0.4, 0.5) is 4.79 Å². The van der Waals surface area contributed by atoms with Gasteiger partial charge >= 0.3 is 6.03 Å². The summed E-state index contributed by atoms with van der Waals surface area (Å²) in [5.41, 5.74) is 0. The number of hydrogen-bond donors (Lipinski definition) is 2. The molecule has 1 aromatic heterocycles. The van der Waals surface area contributed by atoms with Gasteiger partial charge in [0, 0.05) is 18.8 Å². The SMILES string of the molecule is O=C(NCCn1cc(Cl)cn1)NC1CCCCC1. The Kier molecular flexibility index (Phi) is 4.87. The number of nitrogens with zero attached hydrogens (tertiary/aromatic N) is 2. The van der Waals surface area contributed by atoms with Crippen molar-refractivity contribution in [2.24, 2.45) is 0 Å². The summed E-state index contributed by atoms with van der Waals surface area (Å²) in [6.45, 7) is 1.18. The first-order chi connectivity index (χ1) is 8.74. The van der Waals surface area contributed by atoms with Crippen molar-refractivity contribution in [3.63, 3.8) is 0 Å². The second kappa shape index (κ2) is 6.64. The molecule has 2 N–H and O–H groups in total. The third-order valence-corrected chi connectivity index (χ3v) is 3.36. The maximum absolute atomic E-state index is 11.6. The van der Waals surface area contributed by atoms with Crippen molar-refractivity contribution < 1.29 is 4.79 Å². The van der Waals surface area contributed by atoms with Crippen LogP contribution >= 0.6 is 11.6 Å². The van der Waals surface area contributed by atoms with Crippen LogP contribution in [0.25, 0.3) is 0 Å². The molecule has 18 heavy (non-hydrogen) atoms. The number of urea groups is 1. The molecule has 0 aromatic carbocycles. The largest absolute Gasteiger partial charge is 0.336 e. The topological polar surface area (TPSA) is 59.0 Å². The molecule has 1 heterocycles.